The van der Waals surface area contributed by atoms with Gasteiger partial charge in [0.2, 0.25) is 5.95 Å². The molecule has 1 atom stereocenters. The number of β-amino-alcohol motifs (C(OH)–C–C–N with tert-alkyl or cyclic N) is 1. The Morgan fingerprint density at radius 1 is 0.875 bits per heavy atom. The zero-order valence-corrected chi connectivity index (χ0v) is 18.5. The van der Waals surface area contributed by atoms with E-state index in [1.807, 2.05) is 54.9 Å². The number of hydrogen-bond acceptors (Lipinski definition) is 7. The van der Waals surface area contributed by atoms with Gasteiger partial charge in [-0.25, -0.2) is 9.97 Å². The predicted molar refractivity (Wildman–Crippen MR) is 128 cm³/mol. The maximum Gasteiger partial charge on any atom is 0.268 e. The summed E-state index contributed by atoms with van der Waals surface area (Å²) < 4.78 is 2.62. The Hall–Kier alpha value is -3.07. The molecule has 1 aliphatic heterocycles. The second kappa shape index (κ2) is 9.20. The van der Waals surface area contributed by atoms with Crippen molar-refractivity contribution in [3.05, 3.63) is 77.3 Å². The molecule has 1 unspecified atom stereocenters. The Labute approximate surface area is 190 Å². The van der Waals surface area contributed by atoms with Crippen LogP contribution in [0.25, 0.3) is 21.2 Å². The molecule has 0 spiro atoms. The molecule has 4 aromatic rings. The Bertz CT molecular complexity index is 1230. The molecule has 3 heterocycles. The molecule has 7 nitrogen and oxygen atoms in total. The molecule has 1 N–H and O–H groups in total. The van der Waals surface area contributed by atoms with Crippen molar-refractivity contribution in [1.82, 2.24) is 18.8 Å². The minimum Gasteiger partial charge on any atom is -0.390 e. The van der Waals surface area contributed by atoms with Crippen LogP contribution in [0.2, 0.25) is 0 Å². The van der Waals surface area contributed by atoms with Gasteiger partial charge in [0.15, 0.2) is 0 Å². The number of aliphatic hydroxyl groups is 1. The highest BCUT2D eigenvalue weighted by Crippen LogP contribution is 2.19. The number of fused-ring (bicyclic) bond motifs is 1. The van der Waals surface area contributed by atoms with Crippen molar-refractivity contribution < 1.29 is 5.11 Å². The zero-order chi connectivity index (χ0) is 21.9. The number of piperazine rings is 1. The van der Waals surface area contributed by atoms with Crippen LogP contribution < -0.4 is 10.5 Å². The van der Waals surface area contributed by atoms with Crippen molar-refractivity contribution in [3.63, 3.8) is 0 Å². The van der Waals surface area contributed by atoms with Crippen LogP contribution in [0, 0.1) is 0 Å². The summed E-state index contributed by atoms with van der Waals surface area (Å²) in [6.45, 7) is 4.12. The second-order valence-corrected chi connectivity index (χ2v) is 9.10. The van der Waals surface area contributed by atoms with Gasteiger partial charge in [-0.15, -0.1) is 0 Å². The quantitative estimate of drug-likeness (QED) is 0.490. The van der Waals surface area contributed by atoms with Crippen LogP contribution in [-0.4, -0.2) is 62.8 Å². The van der Waals surface area contributed by atoms with Crippen LogP contribution in [0.3, 0.4) is 0 Å². The van der Waals surface area contributed by atoms with E-state index in [1.165, 1.54) is 11.5 Å². The molecular formula is C24H25N5O2S. The van der Waals surface area contributed by atoms with E-state index in [0.29, 0.717) is 13.1 Å². The minimum atomic E-state index is -0.589. The van der Waals surface area contributed by atoms with Crippen molar-refractivity contribution in [3.8, 4) is 11.1 Å². The van der Waals surface area contributed by atoms with Crippen LogP contribution in [0.15, 0.2) is 71.8 Å². The summed E-state index contributed by atoms with van der Waals surface area (Å²) in [5.74, 6) is 0.738. The van der Waals surface area contributed by atoms with E-state index < -0.39 is 6.10 Å². The van der Waals surface area contributed by atoms with Gasteiger partial charge >= 0.3 is 0 Å². The van der Waals surface area contributed by atoms with Crippen molar-refractivity contribution in [2.45, 2.75) is 12.6 Å². The first-order valence-electron chi connectivity index (χ1n) is 10.8. The molecule has 32 heavy (non-hydrogen) atoms. The van der Waals surface area contributed by atoms with Crippen LogP contribution in [0.1, 0.15) is 0 Å². The molecule has 0 radical (unpaired) electrons. The van der Waals surface area contributed by atoms with Gasteiger partial charge in [-0.3, -0.25) is 13.7 Å². The molecule has 1 aliphatic rings. The summed E-state index contributed by atoms with van der Waals surface area (Å²) in [6, 6.07) is 17.7. The van der Waals surface area contributed by atoms with Gasteiger partial charge in [-0.1, -0.05) is 54.0 Å². The summed E-state index contributed by atoms with van der Waals surface area (Å²) in [7, 11) is 0. The first kappa shape index (κ1) is 20.8. The third-order valence-corrected chi connectivity index (χ3v) is 6.89. The number of nitrogens with zero attached hydrogens (tertiary/aromatic N) is 5. The van der Waals surface area contributed by atoms with E-state index in [-0.39, 0.29) is 5.56 Å². The topological polar surface area (TPSA) is 74.5 Å². The Morgan fingerprint density at radius 2 is 1.56 bits per heavy atom. The van der Waals surface area contributed by atoms with Crippen LogP contribution in [-0.2, 0) is 6.54 Å². The van der Waals surface area contributed by atoms with Crippen molar-refractivity contribution in [1.29, 1.82) is 0 Å². The highest BCUT2D eigenvalue weighted by atomic mass is 32.1. The number of rotatable bonds is 6. The fourth-order valence-corrected chi connectivity index (χ4v) is 5.14. The molecule has 2 aromatic carbocycles. The summed E-state index contributed by atoms with van der Waals surface area (Å²) >= 11 is 1.41. The van der Waals surface area contributed by atoms with Crippen molar-refractivity contribution >= 4 is 27.6 Å². The molecule has 0 bridgehead atoms. The molecule has 5 rings (SSSR count). The summed E-state index contributed by atoms with van der Waals surface area (Å²) in [5, 5.41) is 11.3. The Balaban J connectivity index is 1.15. The molecular weight excluding hydrogens is 422 g/mol. The highest BCUT2D eigenvalue weighted by Gasteiger charge is 2.21. The SMILES string of the molecule is O=c1c2ccccc2sn1CC(O)CN1CCN(c2ncc(-c3ccccc3)cn2)CC1. The summed E-state index contributed by atoms with van der Waals surface area (Å²) in [5.41, 5.74) is 2.09. The number of benzene rings is 2. The first-order valence-corrected chi connectivity index (χ1v) is 11.6. The van der Waals surface area contributed by atoms with Gasteiger partial charge in [-0.05, 0) is 17.7 Å². The highest BCUT2D eigenvalue weighted by molar-refractivity contribution is 7.13. The average Bonchev–Trinajstić information content (AvgIpc) is 3.15. The normalized spacial score (nSPS) is 15.8. The zero-order valence-electron chi connectivity index (χ0n) is 17.7. The third-order valence-electron chi connectivity index (χ3n) is 5.80. The van der Waals surface area contributed by atoms with Crippen molar-refractivity contribution in [2.24, 2.45) is 0 Å². The third kappa shape index (κ3) is 4.43. The Kier molecular flexibility index (Phi) is 5.98. The minimum absolute atomic E-state index is 0.0226. The van der Waals surface area contributed by atoms with Crippen LogP contribution in [0.5, 0.6) is 0 Å². The fourth-order valence-electron chi connectivity index (χ4n) is 4.08. The van der Waals surface area contributed by atoms with E-state index in [1.54, 1.807) is 3.96 Å². The maximum atomic E-state index is 12.5. The maximum absolute atomic E-state index is 12.5. The Morgan fingerprint density at radius 3 is 2.28 bits per heavy atom. The van der Waals surface area contributed by atoms with Gasteiger partial charge in [0, 0.05) is 50.7 Å². The molecule has 1 saturated heterocycles. The average molecular weight is 448 g/mol. The lowest BCUT2D eigenvalue weighted by atomic mass is 10.1. The number of aromatic nitrogens is 3. The lowest BCUT2D eigenvalue weighted by molar-refractivity contribution is 0.0966. The monoisotopic (exact) mass is 447 g/mol. The van der Waals surface area contributed by atoms with Crippen molar-refractivity contribution in [2.75, 3.05) is 37.6 Å². The lowest BCUT2D eigenvalue weighted by Crippen LogP contribution is -2.49. The van der Waals surface area contributed by atoms with Gasteiger partial charge in [0.25, 0.3) is 5.56 Å². The van der Waals surface area contributed by atoms with E-state index in [0.717, 1.165) is 53.3 Å². The van der Waals surface area contributed by atoms with Gasteiger partial charge in [0.1, 0.15) is 0 Å². The molecule has 1 fully saturated rings. The van der Waals surface area contributed by atoms with Crippen LogP contribution in [0.4, 0.5) is 5.95 Å². The number of anilines is 1. The molecule has 8 heteroatoms. The van der Waals surface area contributed by atoms with E-state index in [9.17, 15) is 9.90 Å². The van der Waals surface area contributed by atoms with E-state index in [4.69, 9.17) is 0 Å². The van der Waals surface area contributed by atoms with Crippen LogP contribution >= 0.6 is 11.5 Å². The van der Waals surface area contributed by atoms with E-state index in [2.05, 4.69) is 31.9 Å². The van der Waals surface area contributed by atoms with Gasteiger partial charge in [0.05, 0.1) is 22.7 Å². The first-order chi connectivity index (χ1) is 15.7. The number of aliphatic hydroxyl groups excluding tert-OH is 1. The summed E-state index contributed by atoms with van der Waals surface area (Å²) in [6.07, 6.45) is 3.15. The second-order valence-electron chi connectivity index (χ2n) is 8.03. The predicted octanol–water partition coefficient (Wildman–Crippen LogP) is 2.70. The molecule has 2 aromatic heterocycles. The molecule has 0 amide bonds. The molecule has 0 aliphatic carbocycles. The standard InChI is InChI=1S/C24H25N5O2S/c30-20(17-29-23(31)21-8-4-5-9-22(21)32-29)16-27-10-12-28(13-11-27)24-25-14-19(15-26-24)18-6-2-1-3-7-18/h1-9,14-15,20,30H,10-13,16-17H2. The van der Waals surface area contributed by atoms with Gasteiger partial charge in [-0.2, -0.15) is 0 Å². The number of hydrogen-bond donors (Lipinski definition) is 1. The largest absolute Gasteiger partial charge is 0.390 e. The smallest absolute Gasteiger partial charge is 0.268 e. The van der Waals surface area contributed by atoms with E-state index >= 15 is 0 Å². The fraction of sp³-hybridized carbons (Fsp3) is 0.292. The lowest BCUT2D eigenvalue weighted by Gasteiger charge is -2.35. The molecule has 164 valence electrons. The van der Waals surface area contributed by atoms with Gasteiger partial charge < -0.3 is 10.0 Å². The molecule has 0 saturated carbocycles. The summed E-state index contributed by atoms with van der Waals surface area (Å²) in [4.78, 5) is 26.0.